The van der Waals surface area contributed by atoms with Crippen LogP contribution < -0.4 is 0 Å². The van der Waals surface area contributed by atoms with E-state index in [1.54, 1.807) is 20.1 Å². The van der Waals surface area contributed by atoms with Crippen molar-refractivity contribution in [2.45, 2.75) is 72.2 Å². The first kappa shape index (κ1) is 19.2. The third-order valence-electron chi connectivity index (χ3n) is 7.22. The van der Waals surface area contributed by atoms with Crippen LogP contribution in [0, 0.1) is 17.3 Å². The molecule has 26 heavy (non-hydrogen) atoms. The van der Waals surface area contributed by atoms with Crippen molar-refractivity contribution in [2.75, 3.05) is 7.11 Å². The summed E-state index contributed by atoms with van der Waals surface area (Å²) in [4.78, 5) is 24.4. The molecule has 0 unspecified atom stereocenters. The Labute approximate surface area is 155 Å². The van der Waals surface area contributed by atoms with E-state index in [-0.39, 0.29) is 29.4 Å². The van der Waals surface area contributed by atoms with E-state index < -0.39 is 5.79 Å². The van der Waals surface area contributed by atoms with Crippen molar-refractivity contribution in [3.05, 3.63) is 22.8 Å². The highest BCUT2D eigenvalue weighted by Crippen LogP contribution is 2.60. The minimum atomic E-state index is -0.893. The number of carbonyl (C=O) groups is 2. The topological polar surface area (TPSA) is 61.8 Å². The van der Waals surface area contributed by atoms with Crippen LogP contribution in [0.2, 0.25) is 0 Å². The highest BCUT2D eigenvalue weighted by atomic mass is 16.7. The zero-order valence-corrected chi connectivity index (χ0v) is 16.7. The van der Waals surface area contributed by atoms with Crippen LogP contribution in [0.4, 0.5) is 0 Å². The number of rotatable bonds is 3. The molecule has 2 fully saturated rings. The lowest BCUT2D eigenvalue weighted by atomic mass is 9.53. The van der Waals surface area contributed by atoms with Crippen LogP contribution in [0.25, 0.3) is 0 Å². The van der Waals surface area contributed by atoms with Gasteiger partial charge >= 0.3 is 11.9 Å². The minimum absolute atomic E-state index is 0.0559. The number of ether oxygens (including phenoxy) is 3. The number of methoxy groups -OCH3 is 1. The van der Waals surface area contributed by atoms with Gasteiger partial charge in [-0.1, -0.05) is 19.9 Å². The predicted molar refractivity (Wildman–Crippen MR) is 97.1 cm³/mol. The van der Waals surface area contributed by atoms with E-state index >= 15 is 0 Å². The molecule has 0 aromatic heterocycles. The van der Waals surface area contributed by atoms with Crippen molar-refractivity contribution >= 4 is 11.9 Å². The van der Waals surface area contributed by atoms with Crippen LogP contribution in [0.3, 0.4) is 0 Å². The van der Waals surface area contributed by atoms with Gasteiger partial charge in [-0.05, 0) is 57.3 Å². The Morgan fingerprint density at radius 2 is 2.04 bits per heavy atom. The highest BCUT2D eigenvalue weighted by Gasteiger charge is 2.60. The maximum atomic E-state index is 12.2. The fourth-order valence-corrected chi connectivity index (χ4v) is 4.97. The van der Waals surface area contributed by atoms with Gasteiger partial charge in [0.15, 0.2) is 0 Å². The summed E-state index contributed by atoms with van der Waals surface area (Å²) < 4.78 is 17.2. The van der Waals surface area contributed by atoms with Crippen LogP contribution in [-0.4, -0.2) is 30.9 Å². The van der Waals surface area contributed by atoms with Gasteiger partial charge in [0, 0.05) is 30.2 Å². The molecule has 0 spiro atoms. The van der Waals surface area contributed by atoms with Crippen LogP contribution in [0.5, 0.6) is 0 Å². The normalized spacial score (nSPS) is 40.0. The number of allylic oxidation sites excluding steroid dienone is 1. The Hall–Kier alpha value is -1.62. The highest BCUT2D eigenvalue weighted by molar-refractivity contribution is 5.92. The van der Waals surface area contributed by atoms with Crippen molar-refractivity contribution < 1.29 is 23.8 Å². The Kier molecular flexibility index (Phi) is 4.80. The molecule has 5 heteroatoms. The van der Waals surface area contributed by atoms with Crippen LogP contribution >= 0.6 is 0 Å². The van der Waals surface area contributed by atoms with Gasteiger partial charge < -0.3 is 14.2 Å². The molecular formula is C21H30O5. The van der Waals surface area contributed by atoms with Crippen molar-refractivity contribution in [1.82, 2.24) is 0 Å². The number of hydrogen-bond donors (Lipinski definition) is 0. The molecule has 144 valence electrons. The first-order valence-corrected chi connectivity index (χ1v) is 9.51. The molecule has 2 aliphatic carbocycles. The third kappa shape index (κ3) is 2.72. The van der Waals surface area contributed by atoms with Gasteiger partial charge in [0.05, 0.1) is 0 Å². The van der Waals surface area contributed by atoms with E-state index in [1.165, 1.54) is 0 Å². The first-order chi connectivity index (χ1) is 12.2. The van der Waals surface area contributed by atoms with Crippen molar-refractivity contribution in [3.63, 3.8) is 0 Å². The third-order valence-corrected chi connectivity index (χ3v) is 7.22. The molecular weight excluding hydrogens is 332 g/mol. The molecule has 3 aliphatic rings. The number of fused-ring (bicyclic) bond motifs is 2. The molecule has 1 heterocycles. The SMILES string of the molecule is C/C=C(/C)C(=O)O[C@H]1CC[C@@H]2C[C@]3(OC)OC(=O)C(C)=C3C[C@]2(C)[C@H]1C. The van der Waals surface area contributed by atoms with E-state index in [0.29, 0.717) is 23.5 Å². The van der Waals surface area contributed by atoms with E-state index in [4.69, 9.17) is 14.2 Å². The number of hydrogen-bond acceptors (Lipinski definition) is 5. The lowest BCUT2D eigenvalue weighted by Gasteiger charge is -2.55. The van der Waals surface area contributed by atoms with Gasteiger partial charge in [-0.15, -0.1) is 0 Å². The molecule has 0 aromatic carbocycles. The van der Waals surface area contributed by atoms with Crippen molar-refractivity contribution in [3.8, 4) is 0 Å². The smallest absolute Gasteiger partial charge is 0.336 e. The van der Waals surface area contributed by atoms with Gasteiger partial charge in [0.25, 0.3) is 0 Å². The van der Waals surface area contributed by atoms with Crippen LogP contribution in [0.15, 0.2) is 22.8 Å². The summed E-state index contributed by atoms with van der Waals surface area (Å²) in [5.41, 5.74) is 2.22. The van der Waals surface area contributed by atoms with E-state index in [1.807, 2.05) is 13.8 Å². The van der Waals surface area contributed by atoms with Gasteiger partial charge in [0.1, 0.15) is 6.10 Å². The van der Waals surface area contributed by atoms with Gasteiger partial charge in [0.2, 0.25) is 5.79 Å². The summed E-state index contributed by atoms with van der Waals surface area (Å²) in [6, 6.07) is 0. The Bertz CT molecular complexity index is 691. The Morgan fingerprint density at radius 3 is 2.65 bits per heavy atom. The molecule has 2 saturated carbocycles. The monoisotopic (exact) mass is 362 g/mol. The lowest BCUT2D eigenvalue weighted by Crippen LogP contribution is -2.54. The Balaban J connectivity index is 1.87. The molecule has 1 aliphatic heterocycles. The molecule has 0 saturated heterocycles. The lowest BCUT2D eigenvalue weighted by molar-refractivity contribution is -0.222. The summed E-state index contributed by atoms with van der Waals surface area (Å²) in [5, 5.41) is 0. The molecule has 0 bridgehead atoms. The molecule has 0 N–H and O–H groups in total. The summed E-state index contributed by atoms with van der Waals surface area (Å²) >= 11 is 0. The molecule has 5 nitrogen and oxygen atoms in total. The van der Waals surface area contributed by atoms with E-state index in [9.17, 15) is 9.59 Å². The summed E-state index contributed by atoms with van der Waals surface area (Å²) in [5.74, 6) is -0.846. The molecule has 5 atom stereocenters. The van der Waals surface area contributed by atoms with Crippen LogP contribution in [0.1, 0.15) is 60.3 Å². The molecule has 3 rings (SSSR count). The summed E-state index contributed by atoms with van der Waals surface area (Å²) in [7, 11) is 1.62. The summed E-state index contributed by atoms with van der Waals surface area (Å²) in [6.45, 7) is 9.87. The second kappa shape index (κ2) is 6.52. The minimum Gasteiger partial charge on any atom is -0.459 e. The second-order valence-electron chi connectivity index (χ2n) is 8.32. The maximum absolute atomic E-state index is 12.2. The van der Waals surface area contributed by atoms with E-state index in [0.717, 1.165) is 24.8 Å². The first-order valence-electron chi connectivity index (χ1n) is 9.51. The average Bonchev–Trinajstić information content (AvgIpc) is 2.86. The predicted octanol–water partition coefficient (Wildman–Crippen LogP) is 3.93. The van der Waals surface area contributed by atoms with Gasteiger partial charge in [-0.25, -0.2) is 9.59 Å². The quantitative estimate of drug-likeness (QED) is 0.562. The Morgan fingerprint density at radius 1 is 1.35 bits per heavy atom. The largest absolute Gasteiger partial charge is 0.459 e. The summed E-state index contributed by atoms with van der Waals surface area (Å²) in [6.07, 6.45) is 4.85. The zero-order chi connectivity index (χ0) is 19.3. The second-order valence-corrected chi connectivity index (χ2v) is 8.32. The fraction of sp³-hybridized carbons (Fsp3) is 0.714. The fourth-order valence-electron chi connectivity index (χ4n) is 4.97. The van der Waals surface area contributed by atoms with Crippen molar-refractivity contribution in [2.24, 2.45) is 17.3 Å². The standard InChI is InChI=1S/C21H30O5/c1-7-12(2)18(22)25-17-9-8-15-10-21(24-6)16(13(3)19(23)26-21)11-20(15,5)14(17)4/h7,14-15,17H,8-11H2,1-6H3/b12-7-/t14-,15+,17-,20+,21-/m0/s1. The van der Waals surface area contributed by atoms with E-state index in [2.05, 4.69) is 13.8 Å². The molecule has 0 aromatic rings. The maximum Gasteiger partial charge on any atom is 0.336 e. The van der Waals surface area contributed by atoms with Gasteiger partial charge in [-0.3, -0.25) is 0 Å². The van der Waals surface area contributed by atoms with Gasteiger partial charge in [-0.2, -0.15) is 0 Å². The molecule has 0 amide bonds. The molecule has 0 radical (unpaired) electrons. The zero-order valence-electron chi connectivity index (χ0n) is 16.7. The average molecular weight is 362 g/mol. The number of esters is 2. The van der Waals surface area contributed by atoms with Crippen molar-refractivity contribution in [1.29, 1.82) is 0 Å². The van der Waals surface area contributed by atoms with Crippen LogP contribution in [-0.2, 0) is 23.8 Å². The number of carbonyl (C=O) groups excluding carboxylic acids is 2.